The SMILES string of the molecule is O=C(Nc1n[nH]c2cccnc12)C(Cc1ccccc1)n1cnc(-c2cc(Cl)ccc2-n2cc(Cl)nn2)cc1=O. The molecule has 11 nitrogen and oxygen atoms in total. The highest BCUT2D eigenvalue weighted by atomic mass is 35.5. The van der Waals surface area contributed by atoms with Gasteiger partial charge in [0.25, 0.3) is 5.56 Å². The first kappa shape index (κ1) is 25.4. The maximum atomic E-state index is 13.6. The molecule has 0 aliphatic carbocycles. The zero-order valence-electron chi connectivity index (χ0n) is 20.6. The van der Waals surface area contributed by atoms with Crippen LogP contribution in [0.5, 0.6) is 0 Å². The lowest BCUT2D eigenvalue weighted by Gasteiger charge is -2.19. The fourth-order valence-corrected chi connectivity index (χ4v) is 4.66. The van der Waals surface area contributed by atoms with Crippen LogP contribution in [0.1, 0.15) is 11.6 Å². The standard InChI is InChI=1S/C27H19Cl2N9O2/c28-17-8-9-21(38-14-23(29)34-36-38)18(12-17)20-13-24(39)37(15-31-20)22(11-16-5-2-1-3-6-16)27(40)32-26-25-19(33-35-26)7-4-10-30-25/h1-10,12-15,22H,11H2,(H2,32,33,35,40). The van der Waals surface area contributed by atoms with E-state index in [-0.39, 0.29) is 17.4 Å². The Morgan fingerprint density at radius 3 is 2.65 bits per heavy atom. The summed E-state index contributed by atoms with van der Waals surface area (Å²) in [5.74, 6) is -0.174. The lowest BCUT2D eigenvalue weighted by molar-refractivity contribution is -0.119. The maximum absolute atomic E-state index is 13.6. The highest BCUT2D eigenvalue weighted by molar-refractivity contribution is 6.31. The number of aromatic nitrogens is 8. The number of H-pyrrole nitrogens is 1. The molecule has 13 heteroatoms. The van der Waals surface area contributed by atoms with Crippen molar-refractivity contribution in [2.24, 2.45) is 0 Å². The van der Waals surface area contributed by atoms with Crippen LogP contribution in [0.4, 0.5) is 5.82 Å². The van der Waals surface area contributed by atoms with E-state index in [0.717, 1.165) is 5.56 Å². The van der Waals surface area contributed by atoms with Crippen molar-refractivity contribution in [1.82, 2.24) is 39.7 Å². The van der Waals surface area contributed by atoms with E-state index in [9.17, 15) is 9.59 Å². The van der Waals surface area contributed by atoms with Crippen LogP contribution in [-0.2, 0) is 11.2 Å². The Hall–Kier alpha value is -4.87. The lowest BCUT2D eigenvalue weighted by atomic mass is 10.0. The number of nitrogens with zero attached hydrogens (tertiary/aromatic N) is 7. The number of benzene rings is 2. The van der Waals surface area contributed by atoms with Gasteiger partial charge in [-0.05, 0) is 35.9 Å². The minimum atomic E-state index is -0.931. The zero-order chi connectivity index (χ0) is 27.6. The minimum absolute atomic E-state index is 0.207. The predicted molar refractivity (Wildman–Crippen MR) is 151 cm³/mol. The molecule has 0 bridgehead atoms. The molecular weight excluding hydrogens is 553 g/mol. The summed E-state index contributed by atoms with van der Waals surface area (Å²) in [5.41, 5.74) is 3.06. The molecule has 0 saturated carbocycles. The normalized spacial score (nSPS) is 11.9. The molecule has 6 aromatic rings. The van der Waals surface area contributed by atoms with Gasteiger partial charge in [-0.25, -0.2) is 9.67 Å². The van der Waals surface area contributed by atoms with Crippen molar-refractivity contribution in [3.63, 3.8) is 0 Å². The van der Waals surface area contributed by atoms with Gasteiger partial charge in [-0.2, -0.15) is 5.10 Å². The summed E-state index contributed by atoms with van der Waals surface area (Å²) in [6, 6.07) is 18.5. The lowest BCUT2D eigenvalue weighted by Crippen LogP contribution is -2.35. The molecule has 1 unspecified atom stereocenters. The first-order chi connectivity index (χ1) is 19.5. The Morgan fingerprint density at radius 2 is 1.88 bits per heavy atom. The molecule has 198 valence electrons. The Bertz CT molecular complexity index is 1900. The quantitative estimate of drug-likeness (QED) is 0.288. The van der Waals surface area contributed by atoms with Crippen LogP contribution in [0, 0.1) is 0 Å². The van der Waals surface area contributed by atoms with E-state index in [1.54, 1.807) is 36.5 Å². The molecule has 40 heavy (non-hydrogen) atoms. The van der Waals surface area contributed by atoms with Gasteiger partial charge < -0.3 is 5.32 Å². The number of hydrogen-bond acceptors (Lipinski definition) is 7. The number of carbonyl (C=O) groups excluding carboxylic acids is 1. The molecule has 0 aliphatic rings. The minimum Gasteiger partial charge on any atom is -0.306 e. The van der Waals surface area contributed by atoms with Crippen LogP contribution < -0.4 is 10.9 Å². The van der Waals surface area contributed by atoms with Crippen molar-refractivity contribution in [3.05, 3.63) is 112 Å². The van der Waals surface area contributed by atoms with Gasteiger partial charge in [0, 0.05) is 29.3 Å². The summed E-state index contributed by atoms with van der Waals surface area (Å²) < 4.78 is 2.76. The van der Waals surface area contributed by atoms with Gasteiger partial charge in [0.1, 0.15) is 11.6 Å². The molecule has 4 aromatic heterocycles. The number of carbonyl (C=O) groups is 1. The van der Waals surface area contributed by atoms with Gasteiger partial charge in [0.15, 0.2) is 11.0 Å². The average molecular weight is 572 g/mol. The molecule has 0 fully saturated rings. The van der Waals surface area contributed by atoms with E-state index < -0.39 is 17.5 Å². The van der Waals surface area contributed by atoms with Crippen LogP contribution in [0.2, 0.25) is 10.2 Å². The second-order valence-corrected chi connectivity index (χ2v) is 9.66. The van der Waals surface area contributed by atoms with Gasteiger partial charge in [-0.1, -0.05) is 58.7 Å². The molecule has 0 aliphatic heterocycles. The first-order valence-corrected chi connectivity index (χ1v) is 12.8. The second kappa shape index (κ2) is 10.7. The van der Waals surface area contributed by atoms with E-state index in [2.05, 4.69) is 35.8 Å². The van der Waals surface area contributed by atoms with Crippen LogP contribution in [0.25, 0.3) is 28.0 Å². The van der Waals surface area contributed by atoms with Gasteiger partial charge in [-0.15, -0.1) is 5.10 Å². The summed E-state index contributed by atoms with van der Waals surface area (Å²) >= 11 is 12.2. The average Bonchev–Trinajstić information content (AvgIpc) is 3.58. The first-order valence-electron chi connectivity index (χ1n) is 12.1. The van der Waals surface area contributed by atoms with Crippen molar-refractivity contribution in [1.29, 1.82) is 0 Å². The molecule has 1 atom stereocenters. The fraction of sp³-hybridized carbons (Fsp3) is 0.0741. The smallest absolute Gasteiger partial charge is 0.254 e. The van der Waals surface area contributed by atoms with E-state index in [4.69, 9.17) is 23.2 Å². The van der Waals surface area contributed by atoms with Crippen LogP contribution in [-0.4, -0.2) is 45.6 Å². The molecule has 6 rings (SSSR count). The van der Waals surface area contributed by atoms with Crippen molar-refractivity contribution >= 4 is 46.0 Å². The third-order valence-corrected chi connectivity index (χ3v) is 6.66. The number of aromatic amines is 1. The molecule has 2 aromatic carbocycles. The molecular formula is C27H19Cl2N9O2. The molecule has 0 radical (unpaired) electrons. The van der Waals surface area contributed by atoms with Crippen LogP contribution in [0.15, 0.2) is 90.2 Å². The van der Waals surface area contributed by atoms with Crippen molar-refractivity contribution in [3.8, 4) is 16.9 Å². The van der Waals surface area contributed by atoms with E-state index >= 15 is 0 Å². The maximum Gasteiger partial charge on any atom is 0.254 e. The fourth-order valence-electron chi connectivity index (χ4n) is 4.36. The molecule has 0 saturated heterocycles. The van der Waals surface area contributed by atoms with Gasteiger partial charge >= 0.3 is 0 Å². The summed E-state index contributed by atoms with van der Waals surface area (Å²) in [5, 5.41) is 18.3. The number of pyridine rings is 1. The highest BCUT2D eigenvalue weighted by Crippen LogP contribution is 2.28. The summed E-state index contributed by atoms with van der Waals surface area (Å²) in [4.78, 5) is 36.0. The monoisotopic (exact) mass is 571 g/mol. The third-order valence-electron chi connectivity index (χ3n) is 6.25. The number of fused-ring (bicyclic) bond motifs is 1. The largest absolute Gasteiger partial charge is 0.306 e. The Balaban J connectivity index is 1.38. The number of hydrogen-bond donors (Lipinski definition) is 2. The predicted octanol–water partition coefficient (Wildman–Crippen LogP) is 4.49. The van der Waals surface area contributed by atoms with E-state index in [0.29, 0.717) is 33.0 Å². The highest BCUT2D eigenvalue weighted by Gasteiger charge is 2.25. The Morgan fingerprint density at radius 1 is 1.02 bits per heavy atom. The molecule has 1 amide bonds. The third kappa shape index (κ3) is 5.07. The summed E-state index contributed by atoms with van der Waals surface area (Å²) in [7, 11) is 0. The molecule has 2 N–H and O–H groups in total. The number of halogens is 2. The molecule has 4 heterocycles. The van der Waals surface area contributed by atoms with E-state index in [1.165, 1.54) is 27.8 Å². The molecule has 0 spiro atoms. The number of rotatable bonds is 7. The van der Waals surface area contributed by atoms with Gasteiger partial charge in [0.05, 0.1) is 29.4 Å². The van der Waals surface area contributed by atoms with Crippen molar-refractivity contribution in [2.45, 2.75) is 12.5 Å². The second-order valence-electron chi connectivity index (χ2n) is 8.83. The number of amides is 1. The number of anilines is 1. The van der Waals surface area contributed by atoms with Gasteiger partial charge in [0.2, 0.25) is 5.91 Å². The zero-order valence-corrected chi connectivity index (χ0v) is 22.1. The number of nitrogens with one attached hydrogen (secondary N) is 2. The van der Waals surface area contributed by atoms with Crippen molar-refractivity contribution in [2.75, 3.05) is 5.32 Å². The van der Waals surface area contributed by atoms with Gasteiger partial charge in [-0.3, -0.25) is 24.2 Å². The Labute approximate surface area is 236 Å². The Kier molecular flexibility index (Phi) is 6.81. The summed E-state index contributed by atoms with van der Waals surface area (Å²) in [6.07, 6.45) is 4.73. The van der Waals surface area contributed by atoms with Crippen molar-refractivity contribution < 1.29 is 4.79 Å². The van der Waals surface area contributed by atoms with Crippen LogP contribution >= 0.6 is 23.2 Å². The van der Waals surface area contributed by atoms with Crippen LogP contribution in [0.3, 0.4) is 0 Å². The van der Waals surface area contributed by atoms with E-state index in [1.807, 2.05) is 30.3 Å². The summed E-state index contributed by atoms with van der Waals surface area (Å²) in [6.45, 7) is 0. The topological polar surface area (TPSA) is 136 Å².